The summed E-state index contributed by atoms with van der Waals surface area (Å²) in [6.45, 7) is 0.168. The van der Waals surface area contributed by atoms with Crippen LogP contribution in [0, 0.1) is 0 Å². The molecule has 2 rings (SSSR count). The smallest absolute Gasteiger partial charge is 0.241 e. The fourth-order valence-electron chi connectivity index (χ4n) is 1.57. The van der Waals surface area contributed by atoms with E-state index >= 15 is 0 Å². The largest absolute Gasteiger partial charge is 0.495 e. The van der Waals surface area contributed by atoms with Gasteiger partial charge in [0.1, 0.15) is 5.75 Å². The van der Waals surface area contributed by atoms with E-state index in [9.17, 15) is 8.42 Å². The highest BCUT2D eigenvalue weighted by Gasteiger charge is 2.15. The maximum atomic E-state index is 12.2. The van der Waals surface area contributed by atoms with Crippen LogP contribution in [-0.2, 0) is 16.6 Å². The Labute approximate surface area is 122 Å². The van der Waals surface area contributed by atoms with Crippen LogP contribution in [0.25, 0.3) is 0 Å². The van der Waals surface area contributed by atoms with Gasteiger partial charge in [-0.25, -0.2) is 13.1 Å². The summed E-state index contributed by atoms with van der Waals surface area (Å²) in [7, 11) is -2.19. The summed E-state index contributed by atoms with van der Waals surface area (Å²) in [6, 6.07) is 7.83. The first-order valence-corrected chi connectivity index (χ1v) is 7.61. The summed E-state index contributed by atoms with van der Waals surface area (Å²) in [6.07, 6.45) is 3.23. The lowest BCUT2D eigenvalue weighted by atomic mass is 10.3. The third-order valence-corrected chi connectivity index (χ3v) is 4.33. The number of halogens is 1. The molecule has 0 aliphatic rings. The molecule has 0 atom stereocenters. The standard InChI is InChI=1S/C13H13ClN2O3S/c1-19-13-7-11(4-5-12(13)14)20(17,18)16-9-10-3-2-6-15-8-10/h2-8,16H,9H2,1H3. The summed E-state index contributed by atoms with van der Waals surface area (Å²) in [5, 5.41) is 0.360. The summed E-state index contributed by atoms with van der Waals surface area (Å²) >= 11 is 5.87. The molecule has 0 radical (unpaired) electrons. The van der Waals surface area contributed by atoms with Gasteiger partial charge in [0, 0.05) is 25.0 Å². The molecule has 5 nitrogen and oxygen atoms in total. The van der Waals surface area contributed by atoms with Crippen molar-refractivity contribution in [2.24, 2.45) is 0 Å². The van der Waals surface area contributed by atoms with Crippen molar-refractivity contribution < 1.29 is 13.2 Å². The van der Waals surface area contributed by atoms with E-state index in [4.69, 9.17) is 16.3 Å². The number of aromatic nitrogens is 1. The number of methoxy groups -OCH3 is 1. The molecule has 1 N–H and O–H groups in total. The Morgan fingerprint density at radius 1 is 1.35 bits per heavy atom. The molecule has 1 heterocycles. The molecule has 0 spiro atoms. The lowest BCUT2D eigenvalue weighted by molar-refractivity contribution is 0.413. The topological polar surface area (TPSA) is 68.3 Å². The Kier molecular flexibility index (Phi) is 4.59. The lowest BCUT2D eigenvalue weighted by Crippen LogP contribution is -2.23. The Bertz CT molecular complexity index is 690. The highest BCUT2D eigenvalue weighted by molar-refractivity contribution is 7.89. The minimum Gasteiger partial charge on any atom is -0.495 e. The number of hydrogen-bond acceptors (Lipinski definition) is 4. The van der Waals surface area contributed by atoms with Gasteiger partial charge in [0.2, 0.25) is 10.0 Å². The molecule has 0 unspecified atom stereocenters. The van der Waals surface area contributed by atoms with Crippen molar-refractivity contribution in [2.75, 3.05) is 7.11 Å². The maximum absolute atomic E-state index is 12.2. The zero-order chi connectivity index (χ0) is 14.6. The highest BCUT2D eigenvalue weighted by Crippen LogP contribution is 2.26. The molecule has 0 fully saturated rings. The van der Waals surface area contributed by atoms with Gasteiger partial charge in [0.25, 0.3) is 0 Å². The molecule has 1 aromatic carbocycles. The predicted octanol–water partition coefficient (Wildman–Crippen LogP) is 2.22. The summed E-state index contributed by atoms with van der Waals surface area (Å²) in [5.41, 5.74) is 0.775. The fraction of sp³-hybridized carbons (Fsp3) is 0.154. The van der Waals surface area contributed by atoms with Crippen LogP contribution in [0.15, 0.2) is 47.6 Å². The predicted molar refractivity (Wildman–Crippen MR) is 76.3 cm³/mol. The second-order valence-corrected chi connectivity index (χ2v) is 6.16. The van der Waals surface area contributed by atoms with Gasteiger partial charge in [0.05, 0.1) is 17.0 Å². The first kappa shape index (κ1) is 14.8. The first-order chi connectivity index (χ1) is 9.53. The van der Waals surface area contributed by atoms with E-state index in [2.05, 4.69) is 9.71 Å². The molecule has 0 aliphatic heterocycles. The second kappa shape index (κ2) is 6.21. The van der Waals surface area contributed by atoms with Crippen LogP contribution in [0.2, 0.25) is 5.02 Å². The number of sulfonamides is 1. The van der Waals surface area contributed by atoms with Gasteiger partial charge < -0.3 is 4.74 Å². The quantitative estimate of drug-likeness (QED) is 0.919. The SMILES string of the molecule is COc1cc(S(=O)(=O)NCc2cccnc2)ccc1Cl. The third-order valence-electron chi connectivity index (χ3n) is 2.62. The van der Waals surface area contributed by atoms with E-state index in [1.54, 1.807) is 24.5 Å². The van der Waals surface area contributed by atoms with Crippen molar-refractivity contribution in [3.05, 3.63) is 53.3 Å². The Balaban J connectivity index is 2.18. The fourth-order valence-corrected chi connectivity index (χ4v) is 2.80. The van der Waals surface area contributed by atoms with E-state index < -0.39 is 10.0 Å². The number of hydrogen-bond donors (Lipinski definition) is 1. The molecule has 0 aliphatic carbocycles. The minimum absolute atomic E-state index is 0.0997. The average molecular weight is 313 g/mol. The molecule has 106 valence electrons. The van der Waals surface area contributed by atoms with Gasteiger partial charge in [-0.2, -0.15) is 0 Å². The van der Waals surface area contributed by atoms with Crippen LogP contribution in [0.3, 0.4) is 0 Å². The lowest BCUT2D eigenvalue weighted by Gasteiger charge is -2.09. The van der Waals surface area contributed by atoms with Gasteiger partial charge >= 0.3 is 0 Å². The Morgan fingerprint density at radius 2 is 2.15 bits per heavy atom. The van der Waals surface area contributed by atoms with Crippen LogP contribution < -0.4 is 9.46 Å². The van der Waals surface area contributed by atoms with Gasteiger partial charge in [-0.1, -0.05) is 17.7 Å². The van der Waals surface area contributed by atoms with Crippen LogP contribution in [0.4, 0.5) is 0 Å². The Hall–Kier alpha value is -1.63. The molecule has 2 aromatic rings. The van der Waals surface area contributed by atoms with Gasteiger partial charge in [-0.15, -0.1) is 0 Å². The van der Waals surface area contributed by atoms with Crippen LogP contribution in [-0.4, -0.2) is 20.5 Å². The number of nitrogens with zero attached hydrogens (tertiary/aromatic N) is 1. The van der Waals surface area contributed by atoms with Crippen molar-refractivity contribution in [3.8, 4) is 5.75 Å². The second-order valence-electron chi connectivity index (χ2n) is 3.98. The zero-order valence-electron chi connectivity index (χ0n) is 10.7. The van der Waals surface area contributed by atoms with Crippen molar-refractivity contribution in [2.45, 2.75) is 11.4 Å². The Morgan fingerprint density at radius 3 is 2.80 bits per heavy atom. The van der Waals surface area contributed by atoms with Gasteiger partial charge in [0.15, 0.2) is 0 Å². The summed E-state index contributed by atoms with van der Waals surface area (Å²) in [4.78, 5) is 4.02. The van der Waals surface area contributed by atoms with Crippen LogP contribution in [0.5, 0.6) is 5.75 Å². The molecule has 0 amide bonds. The molecule has 20 heavy (non-hydrogen) atoms. The van der Waals surface area contributed by atoms with Crippen molar-refractivity contribution in [3.63, 3.8) is 0 Å². The number of nitrogens with one attached hydrogen (secondary N) is 1. The number of benzene rings is 1. The summed E-state index contributed by atoms with van der Waals surface area (Å²) in [5.74, 6) is 0.316. The summed E-state index contributed by atoms with van der Waals surface area (Å²) < 4.78 is 31.8. The van der Waals surface area contributed by atoms with E-state index in [-0.39, 0.29) is 11.4 Å². The molecule has 1 aromatic heterocycles. The van der Waals surface area contributed by atoms with Gasteiger partial charge in [-0.05, 0) is 23.8 Å². The van der Waals surface area contributed by atoms with Crippen molar-refractivity contribution in [1.29, 1.82) is 0 Å². The monoisotopic (exact) mass is 312 g/mol. The highest BCUT2D eigenvalue weighted by atomic mass is 35.5. The van der Waals surface area contributed by atoms with E-state index in [1.165, 1.54) is 25.3 Å². The van der Waals surface area contributed by atoms with E-state index in [1.807, 2.05) is 0 Å². The van der Waals surface area contributed by atoms with E-state index in [0.29, 0.717) is 10.8 Å². The third kappa shape index (κ3) is 3.47. The molecule has 0 saturated heterocycles. The van der Waals surface area contributed by atoms with Crippen molar-refractivity contribution >= 4 is 21.6 Å². The number of rotatable bonds is 5. The first-order valence-electron chi connectivity index (χ1n) is 5.75. The maximum Gasteiger partial charge on any atom is 0.241 e. The molecular formula is C13H13ClN2O3S. The number of pyridine rings is 1. The zero-order valence-corrected chi connectivity index (χ0v) is 12.3. The van der Waals surface area contributed by atoms with E-state index in [0.717, 1.165) is 5.56 Å². The van der Waals surface area contributed by atoms with Crippen molar-refractivity contribution in [1.82, 2.24) is 9.71 Å². The minimum atomic E-state index is -3.62. The average Bonchev–Trinajstić information content (AvgIpc) is 2.46. The van der Waals surface area contributed by atoms with Crippen LogP contribution in [0.1, 0.15) is 5.56 Å². The molecule has 7 heteroatoms. The number of ether oxygens (including phenoxy) is 1. The van der Waals surface area contributed by atoms with Gasteiger partial charge in [-0.3, -0.25) is 4.98 Å². The van der Waals surface area contributed by atoms with Crippen LogP contribution >= 0.6 is 11.6 Å². The molecule has 0 bridgehead atoms. The molecular weight excluding hydrogens is 300 g/mol. The molecule has 0 saturated carbocycles. The normalized spacial score (nSPS) is 11.3.